The molecule has 0 bridgehead atoms. The van der Waals surface area contributed by atoms with Crippen molar-refractivity contribution in [3.63, 3.8) is 0 Å². The number of aryl methyl sites for hydroxylation is 1. The Morgan fingerprint density at radius 2 is 2.00 bits per heavy atom. The van der Waals surface area contributed by atoms with Gasteiger partial charge in [0, 0.05) is 23.8 Å². The second-order valence-electron chi connectivity index (χ2n) is 6.28. The van der Waals surface area contributed by atoms with Crippen LogP contribution in [0.4, 0.5) is 5.69 Å². The highest BCUT2D eigenvalue weighted by atomic mass is 15.3. The Balaban J connectivity index is 1.75. The van der Waals surface area contributed by atoms with Gasteiger partial charge in [-0.3, -0.25) is 0 Å². The van der Waals surface area contributed by atoms with Crippen LogP contribution in [0.2, 0.25) is 0 Å². The van der Waals surface area contributed by atoms with Gasteiger partial charge in [0.1, 0.15) is 5.82 Å². The highest BCUT2D eigenvalue weighted by Crippen LogP contribution is 2.34. The first-order valence-electron chi connectivity index (χ1n) is 8.11. The van der Waals surface area contributed by atoms with Crippen molar-refractivity contribution in [1.82, 2.24) is 14.8 Å². The molecule has 21 heavy (non-hydrogen) atoms. The molecule has 2 aromatic rings. The van der Waals surface area contributed by atoms with Crippen LogP contribution in [0.5, 0.6) is 0 Å². The highest BCUT2D eigenvalue weighted by molar-refractivity contribution is 5.66. The summed E-state index contributed by atoms with van der Waals surface area (Å²) in [7, 11) is 0. The van der Waals surface area contributed by atoms with Crippen molar-refractivity contribution in [3.05, 3.63) is 29.6 Å². The number of benzene rings is 1. The van der Waals surface area contributed by atoms with E-state index in [-0.39, 0.29) is 0 Å². The molecular weight excluding hydrogens is 260 g/mol. The molecule has 1 aromatic carbocycles. The number of anilines is 1. The lowest BCUT2D eigenvalue weighted by atomic mass is 9.95. The number of rotatable bonds is 2. The van der Waals surface area contributed by atoms with Gasteiger partial charge in [0.05, 0.1) is 0 Å². The summed E-state index contributed by atoms with van der Waals surface area (Å²) in [6.45, 7) is 3.13. The summed E-state index contributed by atoms with van der Waals surface area (Å²) in [5.74, 6) is 2.10. The van der Waals surface area contributed by atoms with Gasteiger partial charge in [0.15, 0.2) is 5.82 Å². The molecule has 1 aromatic heterocycles. The molecule has 1 N–H and O–H groups in total. The standard InChI is InChI=1S/C17H22N4/c1-12-19-20-17(21(12)15-5-3-2-4-6-15)14-7-8-16-13(11-14)9-10-18-16/h7-8,11,15,18H,2-6,9-10H2,1H3. The van der Waals surface area contributed by atoms with Crippen LogP contribution in [0.25, 0.3) is 11.4 Å². The molecule has 4 rings (SSSR count). The van der Waals surface area contributed by atoms with E-state index in [2.05, 4.69) is 45.2 Å². The van der Waals surface area contributed by atoms with Crippen molar-refractivity contribution < 1.29 is 0 Å². The zero-order valence-electron chi connectivity index (χ0n) is 12.6. The number of nitrogens with one attached hydrogen (secondary N) is 1. The lowest BCUT2D eigenvalue weighted by molar-refractivity contribution is 0.350. The molecule has 1 aliphatic heterocycles. The van der Waals surface area contributed by atoms with E-state index < -0.39 is 0 Å². The summed E-state index contributed by atoms with van der Waals surface area (Å²) in [6.07, 6.45) is 7.67. The molecule has 0 radical (unpaired) electrons. The number of hydrogen-bond donors (Lipinski definition) is 1. The van der Waals surface area contributed by atoms with Gasteiger partial charge in [-0.1, -0.05) is 19.3 Å². The Bertz CT molecular complexity index is 653. The average molecular weight is 282 g/mol. The Morgan fingerprint density at radius 3 is 2.86 bits per heavy atom. The van der Waals surface area contributed by atoms with E-state index in [1.807, 2.05) is 0 Å². The lowest BCUT2D eigenvalue weighted by Gasteiger charge is -2.25. The third-order valence-electron chi connectivity index (χ3n) is 4.88. The summed E-state index contributed by atoms with van der Waals surface area (Å²) >= 11 is 0. The van der Waals surface area contributed by atoms with Gasteiger partial charge in [0.25, 0.3) is 0 Å². The fraction of sp³-hybridized carbons (Fsp3) is 0.529. The Labute approximate surface area is 125 Å². The van der Waals surface area contributed by atoms with Crippen molar-refractivity contribution in [2.45, 2.75) is 51.5 Å². The fourth-order valence-electron chi connectivity index (χ4n) is 3.79. The molecule has 1 aliphatic carbocycles. The zero-order chi connectivity index (χ0) is 14.2. The lowest BCUT2D eigenvalue weighted by Crippen LogP contribution is -2.15. The van der Waals surface area contributed by atoms with E-state index in [4.69, 9.17) is 0 Å². The van der Waals surface area contributed by atoms with Crippen LogP contribution >= 0.6 is 0 Å². The molecule has 0 unspecified atom stereocenters. The average Bonchev–Trinajstić information content (AvgIpc) is 3.13. The SMILES string of the molecule is Cc1nnc(-c2ccc3c(c2)CCN3)n1C1CCCCC1. The molecule has 4 heteroatoms. The molecule has 0 spiro atoms. The van der Waals surface area contributed by atoms with Crippen LogP contribution < -0.4 is 5.32 Å². The maximum Gasteiger partial charge on any atom is 0.164 e. The summed E-state index contributed by atoms with van der Waals surface area (Å²) < 4.78 is 2.38. The molecule has 0 saturated heterocycles. The van der Waals surface area contributed by atoms with Crippen molar-refractivity contribution in [3.8, 4) is 11.4 Å². The minimum atomic E-state index is 0.579. The van der Waals surface area contributed by atoms with Gasteiger partial charge >= 0.3 is 0 Å². The molecular formula is C17H22N4. The zero-order valence-corrected chi connectivity index (χ0v) is 12.6. The molecule has 0 atom stereocenters. The summed E-state index contributed by atoms with van der Waals surface area (Å²) in [4.78, 5) is 0. The summed E-state index contributed by atoms with van der Waals surface area (Å²) in [5, 5.41) is 12.3. The second kappa shape index (κ2) is 5.17. The smallest absolute Gasteiger partial charge is 0.164 e. The number of aromatic nitrogens is 3. The summed E-state index contributed by atoms with van der Waals surface area (Å²) in [5.41, 5.74) is 3.89. The maximum atomic E-state index is 4.48. The number of fused-ring (bicyclic) bond motifs is 1. The van der Waals surface area contributed by atoms with Gasteiger partial charge in [-0.2, -0.15) is 0 Å². The van der Waals surface area contributed by atoms with Gasteiger partial charge in [-0.25, -0.2) is 0 Å². The number of hydrogen-bond acceptors (Lipinski definition) is 3. The van der Waals surface area contributed by atoms with E-state index in [0.29, 0.717) is 6.04 Å². The minimum absolute atomic E-state index is 0.579. The topological polar surface area (TPSA) is 42.7 Å². The predicted octanol–water partition coefficient (Wildman–Crippen LogP) is 3.73. The first-order chi connectivity index (χ1) is 10.3. The monoisotopic (exact) mass is 282 g/mol. The minimum Gasteiger partial charge on any atom is -0.384 e. The third kappa shape index (κ3) is 2.23. The first-order valence-corrected chi connectivity index (χ1v) is 8.11. The predicted molar refractivity (Wildman–Crippen MR) is 84.5 cm³/mol. The van der Waals surface area contributed by atoms with E-state index >= 15 is 0 Å². The Morgan fingerprint density at radius 1 is 1.14 bits per heavy atom. The van der Waals surface area contributed by atoms with Gasteiger partial charge < -0.3 is 9.88 Å². The van der Waals surface area contributed by atoms with Crippen molar-refractivity contribution in [2.24, 2.45) is 0 Å². The molecule has 4 nitrogen and oxygen atoms in total. The Hall–Kier alpha value is -1.84. The quantitative estimate of drug-likeness (QED) is 0.912. The van der Waals surface area contributed by atoms with Crippen molar-refractivity contribution >= 4 is 5.69 Å². The van der Waals surface area contributed by atoms with Crippen LogP contribution in [-0.4, -0.2) is 21.3 Å². The van der Waals surface area contributed by atoms with Crippen LogP contribution in [0.3, 0.4) is 0 Å². The van der Waals surface area contributed by atoms with Gasteiger partial charge in [-0.05, 0) is 49.9 Å². The van der Waals surface area contributed by atoms with Crippen LogP contribution in [0.15, 0.2) is 18.2 Å². The fourth-order valence-corrected chi connectivity index (χ4v) is 3.79. The van der Waals surface area contributed by atoms with E-state index in [0.717, 1.165) is 24.6 Å². The molecule has 2 heterocycles. The summed E-state index contributed by atoms with van der Waals surface area (Å²) in [6, 6.07) is 7.24. The normalized spacial score (nSPS) is 18.5. The highest BCUT2D eigenvalue weighted by Gasteiger charge is 2.22. The van der Waals surface area contributed by atoms with E-state index in [1.54, 1.807) is 0 Å². The molecule has 0 amide bonds. The second-order valence-corrected chi connectivity index (χ2v) is 6.28. The maximum absolute atomic E-state index is 4.48. The van der Waals surface area contributed by atoms with Crippen molar-refractivity contribution in [1.29, 1.82) is 0 Å². The Kier molecular flexibility index (Phi) is 3.17. The largest absolute Gasteiger partial charge is 0.384 e. The molecule has 1 fully saturated rings. The molecule has 110 valence electrons. The third-order valence-corrected chi connectivity index (χ3v) is 4.88. The van der Waals surface area contributed by atoms with Gasteiger partial charge in [-0.15, -0.1) is 10.2 Å². The van der Waals surface area contributed by atoms with E-state index in [9.17, 15) is 0 Å². The molecule has 2 aliphatic rings. The van der Waals surface area contributed by atoms with Crippen LogP contribution in [-0.2, 0) is 6.42 Å². The van der Waals surface area contributed by atoms with Crippen LogP contribution in [0, 0.1) is 6.92 Å². The van der Waals surface area contributed by atoms with Crippen LogP contribution in [0.1, 0.15) is 49.5 Å². The molecule has 1 saturated carbocycles. The van der Waals surface area contributed by atoms with Gasteiger partial charge in [0.2, 0.25) is 0 Å². The first kappa shape index (κ1) is 12.9. The van der Waals surface area contributed by atoms with E-state index in [1.165, 1.54) is 48.9 Å². The van der Waals surface area contributed by atoms with Crippen molar-refractivity contribution in [2.75, 3.05) is 11.9 Å². The number of nitrogens with zero attached hydrogens (tertiary/aromatic N) is 3.